The number of aliphatic hydroxyl groups excluding tert-OH is 2. The van der Waals surface area contributed by atoms with Gasteiger partial charge in [0, 0.05) is 11.1 Å². The van der Waals surface area contributed by atoms with E-state index in [1.165, 1.54) is 11.3 Å². The standard InChI is InChI=1S/C6H9NO2S2/c8-5(1-10)6(9)4-2-11-3-7-4/h2-3,5-6,8-10H,1H2. The highest BCUT2D eigenvalue weighted by Gasteiger charge is 2.17. The van der Waals surface area contributed by atoms with E-state index < -0.39 is 12.2 Å². The third-order valence-electron chi connectivity index (χ3n) is 1.31. The van der Waals surface area contributed by atoms with E-state index in [4.69, 9.17) is 5.11 Å². The van der Waals surface area contributed by atoms with E-state index in [0.29, 0.717) is 5.69 Å². The minimum absolute atomic E-state index is 0.235. The topological polar surface area (TPSA) is 53.4 Å². The van der Waals surface area contributed by atoms with Crippen LogP contribution in [0.15, 0.2) is 10.9 Å². The SMILES string of the molecule is OC(CS)C(O)c1cscn1. The Labute approximate surface area is 74.1 Å². The molecule has 0 aromatic carbocycles. The van der Waals surface area contributed by atoms with Crippen LogP contribution < -0.4 is 0 Å². The maximum atomic E-state index is 9.32. The molecule has 1 aromatic rings. The Hall–Kier alpha value is -0.100. The lowest BCUT2D eigenvalue weighted by Gasteiger charge is -2.12. The first-order valence-electron chi connectivity index (χ1n) is 3.10. The van der Waals surface area contributed by atoms with E-state index in [9.17, 15) is 5.11 Å². The Morgan fingerprint density at radius 1 is 1.64 bits per heavy atom. The number of hydrogen-bond acceptors (Lipinski definition) is 5. The largest absolute Gasteiger partial charge is 0.389 e. The molecule has 2 atom stereocenters. The van der Waals surface area contributed by atoms with E-state index in [0.717, 1.165) is 0 Å². The minimum Gasteiger partial charge on any atom is -0.389 e. The van der Waals surface area contributed by atoms with Gasteiger partial charge in [0.15, 0.2) is 0 Å². The molecular weight excluding hydrogens is 182 g/mol. The average molecular weight is 191 g/mol. The Kier molecular flexibility index (Phi) is 3.32. The van der Waals surface area contributed by atoms with E-state index in [1.54, 1.807) is 10.9 Å². The summed E-state index contributed by atoms with van der Waals surface area (Å²) in [5.41, 5.74) is 2.13. The van der Waals surface area contributed by atoms with Gasteiger partial charge in [-0.25, -0.2) is 4.98 Å². The van der Waals surface area contributed by atoms with Gasteiger partial charge in [0.1, 0.15) is 6.10 Å². The van der Waals surface area contributed by atoms with Crippen LogP contribution in [-0.4, -0.2) is 27.1 Å². The summed E-state index contributed by atoms with van der Waals surface area (Å²) in [6.07, 6.45) is -1.74. The monoisotopic (exact) mass is 191 g/mol. The van der Waals surface area contributed by atoms with Gasteiger partial charge in [0.25, 0.3) is 0 Å². The fraction of sp³-hybridized carbons (Fsp3) is 0.500. The van der Waals surface area contributed by atoms with Gasteiger partial charge in [-0.1, -0.05) is 0 Å². The number of thiol groups is 1. The zero-order valence-corrected chi connectivity index (χ0v) is 7.42. The van der Waals surface area contributed by atoms with E-state index in [2.05, 4.69) is 17.6 Å². The smallest absolute Gasteiger partial charge is 0.123 e. The second kappa shape index (κ2) is 4.06. The molecule has 1 aromatic heterocycles. The van der Waals surface area contributed by atoms with Crippen LogP contribution in [0.3, 0.4) is 0 Å². The molecule has 1 rings (SSSR count). The first kappa shape index (κ1) is 8.99. The summed E-state index contributed by atoms with van der Waals surface area (Å²) in [6, 6.07) is 0. The zero-order valence-electron chi connectivity index (χ0n) is 5.71. The molecule has 5 heteroatoms. The van der Waals surface area contributed by atoms with Gasteiger partial charge in [-0.15, -0.1) is 11.3 Å². The Bertz CT molecular complexity index is 202. The van der Waals surface area contributed by atoms with Crippen LogP contribution in [0.4, 0.5) is 0 Å². The highest BCUT2D eigenvalue weighted by molar-refractivity contribution is 7.80. The van der Waals surface area contributed by atoms with Crippen molar-refractivity contribution < 1.29 is 10.2 Å². The van der Waals surface area contributed by atoms with Crippen molar-refractivity contribution in [1.29, 1.82) is 0 Å². The summed E-state index contributed by atoms with van der Waals surface area (Å²) in [5, 5.41) is 20.2. The van der Waals surface area contributed by atoms with Crippen LogP contribution in [-0.2, 0) is 0 Å². The van der Waals surface area contributed by atoms with Crippen molar-refractivity contribution in [2.24, 2.45) is 0 Å². The molecule has 3 nitrogen and oxygen atoms in total. The van der Waals surface area contributed by atoms with Gasteiger partial charge in [-0.05, 0) is 0 Å². The zero-order chi connectivity index (χ0) is 8.27. The van der Waals surface area contributed by atoms with Crippen molar-refractivity contribution in [3.8, 4) is 0 Å². The number of aromatic nitrogens is 1. The first-order chi connectivity index (χ1) is 5.25. The summed E-state index contributed by atoms with van der Waals surface area (Å²) in [7, 11) is 0. The van der Waals surface area contributed by atoms with Crippen LogP contribution in [0.25, 0.3) is 0 Å². The van der Waals surface area contributed by atoms with Gasteiger partial charge >= 0.3 is 0 Å². The van der Waals surface area contributed by atoms with Crippen LogP contribution >= 0.6 is 24.0 Å². The number of aliphatic hydroxyl groups is 2. The summed E-state index contributed by atoms with van der Waals surface area (Å²) in [4.78, 5) is 3.86. The number of hydrogen-bond donors (Lipinski definition) is 3. The number of thiazole rings is 1. The minimum atomic E-state index is -0.904. The molecule has 0 bridgehead atoms. The molecule has 1 heterocycles. The molecule has 2 unspecified atom stereocenters. The first-order valence-corrected chi connectivity index (χ1v) is 4.68. The third kappa shape index (κ3) is 2.16. The molecule has 0 fully saturated rings. The summed E-state index contributed by atoms with van der Waals surface area (Å²) in [6.45, 7) is 0. The average Bonchev–Trinajstić information content (AvgIpc) is 2.53. The van der Waals surface area contributed by atoms with Crippen LogP contribution in [0.5, 0.6) is 0 Å². The molecule has 0 amide bonds. The molecule has 11 heavy (non-hydrogen) atoms. The summed E-state index contributed by atoms with van der Waals surface area (Å²) in [5.74, 6) is 0.235. The van der Waals surface area contributed by atoms with Crippen molar-refractivity contribution in [3.05, 3.63) is 16.6 Å². The van der Waals surface area contributed by atoms with E-state index in [-0.39, 0.29) is 5.75 Å². The predicted molar refractivity (Wildman–Crippen MR) is 46.9 cm³/mol. The molecule has 0 radical (unpaired) electrons. The number of rotatable bonds is 3. The highest BCUT2D eigenvalue weighted by Crippen LogP contribution is 2.16. The van der Waals surface area contributed by atoms with E-state index >= 15 is 0 Å². The second-order valence-corrected chi connectivity index (χ2v) is 3.19. The maximum Gasteiger partial charge on any atom is 0.123 e. The molecule has 0 saturated heterocycles. The normalized spacial score (nSPS) is 16.3. The van der Waals surface area contributed by atoms with Crippen molar-refractivity contribution in [3.63, 3.8) is 0 Å². The number of nitrogens with zero attached hydrogens (tertiary/aromatic N) is 1. The molecule has 0 aliphatic heterocycles. The Morgan fingerprint density at radius 2 is 2.36 bits per heavy atom. The lowest BCUT2D eigenvalue weighted by atomic mass is 10.2. The van der Waals surface area contributed by atoms with Crippen LogP contribution in [0, 0.1) is 0 Å². The van der Waals surface area contributed by atoms with Crippen molar-refractivity contribution in [1.82, 2.24) is 4.98 Å². The van der Waals surface area contributed by atoms with Gasteiger partial charge in [-0.3, -0.25) is 0 Å². The lowest BCUT2D eigenvalue weighted by Crippen LogP contribution is -2.19. The summed E-state index contributed by atoms with van der Waals surface area (Å²) < 4.78 is 0. The third-order valence-corrected chi connectivity index (χ3v) is 2.28. The van der Waals surface area contributed by atoms with Crippen molar-refractivity contribution >= 4 is 24.0 Å². The van der Waals surface area contributed by atoms with Crippen LogP contribution in [0.1, 0.15) is 11.8 Å². The molecule has 0 spiro atoms. The predicted octanol–water partition coefficient (Wildman–Crippen LogP) is 0.467. The lowest BCUT2D eigenvalue weighted by molar-refractivity contribution is 0.0314. The van der Waals surface area contributed by atoms with Gasteiger partial charge in [0.2, 0.25) is 0 Å². The molecule has 2 N–H and O–H groups in total. The molecule has 0 aliphatic rings. The van der Waals surface area contributed by atoms with Crippen molar-refractivity contribution in [2.75, 3.05) is 5.75 Å². The van der Waals surface area contributed by atoms with Crippen LogP contribution in [0.2, 0.25) is 0 Å². The van der Waals surface area contributed by atoms with Crippen molar-refractivity contribution in [2.45, 2.75) is 12.2 Å². The quantitative estimate of drug-likeness (QED) is 0.609. The molecule has 0 saturated carbocycles. The highest BCUT2D eigenvalue weighted by atomic mass is 32.1. The fourth-order valence-corrected chi connectivity index (χ4v) is 1.45. The van der Waals surface area contributed by atoms with Gasteiger partial charge in [0.05, 0.1) is 17.3 Å². The Morgan fingerprint density at radius 3 is 2.82 bits per heavy atom. The molecule has 0 aliphatic carbocycles. The van der Waals surface area contributed by atoms with Gasteiger partial charge in [-0.2, -0.15) is 12.6 Å². The fourth-order valence-electron chi connectivity index (χ4n) is 0.665. The summed E-state index contributed by atoms with van der Waals surface area (Å²) >= 11 is 5.24. The van der Waals surface area contributed by atoms with E-state index in [1.807, 2.05) is 0 Å². The molecular formula is C6H9NO2S2. The second-order valence-electron chi connectivity index (χ2n) is 2.11. The maximum absolute atomic E-state index is 9.32. The van der Waals surface area contributed by atoms with Gasteiger partial charge < -0.3 is 10.2 Å². The Balaban J connectivity index is 2.62. The molecule has 62 valence electrons.